The summed E-state index contributed by atoms with van der Waals surface area (Å²) in [4.78, 5) is 44.3. The maximum absolute atomic E-state index is 14.5. The number of rotatable bonds is 15. The molecule has 0 aliphatic carbocycles. The van der Waals surface area contributed by atoms with E-state index in [2.05, 4.69) is 20.9 Å². The van der Waals surface area contributed by atoms with Gasteiger partial charge in [0.25, 0.3) is 11.8 Å². The number of aromatic hydroxyl groups is 1. The van der Waals surface area contributed by atoms with E-state index in [-0.39, 0.29) is 23.7 Å². The fraction of sp³-hybridized carbons (Fsp3) is 0.204. The number of carbonyl (C=O) groups is 3. The van der Waals surface area contributed by atoms with E-state index in [4.69, 9.17) is 4.74 Å². The lowest BCUT2D eigenvalue weighted by Gasteiger charge is -2.33. The van der Waals surface area contributed by atoms with Gasteiger partial charge in [0, 0.05) is 73.6 Å². The average Bonchev–Trinajstić information content (AvgIpc) is 3.28. The molecule has 4 N–H and O–H groups in total. The summed E-state index contributed by atoms with van der Waals surface area (Å²) in [6.45, 7) is 3.90. The highest BCUT2D eigenvalue weighted by Gasteiger charge is 2.29. The predicted molar refractivity (Wildman–Crippen MR) is 233 cm³/mol. The first-order valence-corrected chi connectivity index (χ1v) is 20.1. The third-order valence-corrected chi connectivity index (χ3v) is 10.4. The van der Waals surface area contributed by atoms with Gasteiger partial charge in [-0.25, -0.2) is 9.69 Å². The van der Waals surface area contributed by atoms with Crippen molar-refractivity contribution in [3.63, 3.8) is 0 Å². The first-order valence-electron chi connectivity index (χ1n) is 20.1. The van der Waals surface area contributed by atoms with Gasteiger partial charge in [0.1, 0.15) is 11.9 Å². The van der Waals surface area contributed by atoms with E-state index in [1.807, 2.05) is 121 Å². The van der Waals surface area contributed by atoms with E-state index in [9.17, 15) is 19.5 Å². The number of ether oxygens (including phenoxy) is 1. The Kier molecular flexibility index (Phi) is 13.8. The summed E-state index contributed by atoms with van der Waals surface area (Å²) < 4.78 is 6.33. The first-order chi connectivity index (χ1) is 28.9. The molecule has 0 unspecified atom stereocenters. The normalized spacial score (nSPS) is 13.0. The van der Waals surface area contributed by atoms with Crippen molar-refractivity contribution in [3.8, 4) is 28.0 Å². The van der Waals surface area contributed by atoms with Gasteiger partial charge in [0.2, 0.25) is 0 Å². The first kappa shape index (κ1) is 40.4. The van der Waals surface area contributed by atoms with Crippen molar-refractivity contribution in [1.82, 2.24) is 20.9 Å². The summed E-state index contributed by atoms with van der Waals surface area (Å²) in [5.41, 5.74) is 6.91. The largest absolute Gasteiger partial charge is 0.508 e. The highest BCUT2D eigenvalue weighted by Crippen LogP contribution is 2.40. The minimum atomic E-state index is -0.431. The van der Waals surface area contributed by atoms with E-state index in [1.165, 1.54) is 0 Å². The van der Waals surface area contributed by atoms with Crippen LogP contribution in [0.2, 0.25) is 0 Å². The molecule has 6 aromatic carbocycles. The minimum Gasteiger partial charge on any atom is -0.508 e. The standard InChI is InChI=1S/C49H49N5O5/c55-46-25-12-7-18-40(46)35-50-28-29-51-47(56)38-19-13-20-39(34-38)48(57)52-30-33-53-31-26-41(27-32-53)59-49(58)54(44-23-10-8-21-42(44)36-14-3-1-4-15-36)45-24-11-9-22-43(45)37-16-5-2-6-17-37/h1-25,34,41,50,55H,26-33,35H2,(H,51,56)(H,52,57). The van der Waals surface area contributed by atoms with Crippen LogP contribution in [0.15, 0.2) is 158 Å². The average molecular weight is 788 g/mol. The second-order valence-electron chi connectivity index (χ2n) is 14.4. The van der Waals surface area contributed by atoms with Crippen LogP contribution in [0.1, 0.15) is 39.1 Å². The number of amides is 3. The van der Waals surface area contributed by atoms with E-state index in [1.54, 1.807) is 41.3 Å². The summed E-state index contributed by atoms with van der Waals surface area (Å²) >= 11 is 0. The maximum atomic E-state index is 14.5. The van der Waals surface area contributed by atoms with Gasteiger partial charge in [0.15, 0.2) is 0 Å². The van der Waals surface area contributed by atoms with Crippen LogP contribution < -0.4 is 20.9 Å². The maximum Gasteiger partial charge on any atom is 0.419 e. The van der Waals surface area contributed by atoms with Gasteiger partial charge < -0.3 is 30.7 Å². The quantitative estimate of drug-likeness (QED) is 0.0771. The van der Waals surface area contributed by atoms with Gasteiger partial charge >= 0.3 is 6.09 Å². The molecule has 1 heterocycles. The Morgan fingerprint density at radius 3 is 1.73 bits per heavy atom. The van der Waals surface area contributed by atoms with Gasteiger partial charge in [-0.1, -0.05) is 121 Å². The number of carbonyl (C=O) groups excluding carboxylic acids is 3. The lowest BCUT2D eigenvalue weighted by Crippen LogP contribution is -2.43. The van der Waals surface area contributed by atoms with E-state index >= 15 is 0 Å². The lowest BCUT2D eigenvalue weighted by atomic mass is 10.00. The molecule has 10 heteroatoms. The Balaban J connectivity index is 0.920. The molecule has 0 radical (unpaired) electrons. The van der Waals surface area contributed by atoms with Crippen molar-refractivity contribution in [2.45, 2.75) is 25.5 Å². The topological polar surface area (TPSA) is 123 Å². The lowest BCUT2D eigenvalue weighted by molar-refractivity contribution is 0.0561. The number of nitrogens with zero attached hydrogens (tertiary/aromatic N) is 2. The summed E-state index contributed by atoms with van der Waals surface area (Å²) in [6.07, 6.45) is 0.621. The molecule has 300 valence electrons. The summed E-state index contributed by atoms with van der Waals surface area (Å²) in [7, 11) is 0. The second-order valence-corrected chi connectivity index (χ2v) is 14.4. The van der Waals surface area contributed by atoms with Crippen LogP contribution in [0, 0.1) is 0 Å². The van der Waals surface area contributed by atoms with Crippen molar-refractivity contribution in [3.05, 3.63) is 174 Å². The van der Waals surface area contributed by atoms with Gasteiger partial charge in [0.05, 0.1) is 11.4 Å². The number of piperidine rings is 1. The van der Waals surface area contributed by atoms with Crippen molar-refractivity contribution in [1.29, 1.82) is 0 Å². The fourth-order valence-corrected chi connectivity index (χ4v) is 7.31. The highest BCUT2D eigenvalue weighted by atomic mass is 16.6. The van der Waals surface area contributed by atoms with Crippen molar-refractivity contribution >= 4 is 29.3 Å². The number of hydrogen-bond acceptors (Lipinski definition) is 7. The van der Waals surface area contributed by atoms with E-state index < -0.39 is 6.09 Å². The van der Waals surface area contributed by atoms with Gasteiger partial charge in [-0.15, -0.1) is 0 Å². The Morgan fingerprint density at radius 1 is 0.610 bits per heavy atom. The summed E-state index contributed by atoms with van der Waals surface area (Å²) in [5.74, 6) is -0.288. The molecule has 0 spiro atoms. The molecule has 6 aromatic rings. The van der Waals surface area contributed by atoms with Gasteiger partial charge in [-0.3, -0.25) is 9.59 Å². The zero-order valence-electron chi connectivity index (χ0n) is 32.9. The zero-order chi connectivity index (χ0) is 40.8. The molecule has 1 aliphatic rings. The van der Waals surface area contributed by atoms with Gasteiger partial charge in [-0.2, -0.15) is 0 Å². The smallest absolute Gasteiger partial charge is 0.419 e. The molecule has 1 aliphatic heterocycles. The molecule has 59 heavy (non-hydrogen) atoms. The van der Waals surface area contributed by atoms with Crippen LogP contribution in [0.3, 0.4) is 0 Å². The van der Waals surface area contributed by atoms with Gasteiger partial charge in [-0.05, 0) is 60.4 Å². The third kappa shape index (κ3) is 10.6. The minimum absolute atomic E-state index is 0.230. The van der Waals surface area contributed by atoms with E-state index in [0.29, 0.717) is 69.8 Å². The molecule has 0 bridgehead atoms. The number of anilines is 2. The number of para-hydroxylation sites is 3. The van der Waals surface area contributed by atoms with Crippen LogP contribution in [-0.2, 0) is 11.3 Å². The number of likely N-dealkylation sites (tertiary alicyclic amines) is 1. The fourth-order valence-electron chi connectivity index (χ4n) is 7.31. The van der Waals surface area contributed by atoms with Crippen molar-refractivity contribution < 1.29 is 24.2 Å². The Hall–Kier alpha value is -6.75. The molecular formula is C49H49N5O5. The number of nitrogens with one attached hydrogen (secondary N) is 3. The molecule has 0 saturated carbocycles. The van der Waals surface area contributed by atoms with Crippen LogP contribution in [0.25, 0.3) is 22.3 Å². The molecule has 0 aromatic heterocycles. The second kappa shape index (κ2) is 20.1. The van der Waals surface area contributed by atoms with Crippen LogP contribution in [0.4, 0.5) is 16.2 Å². The molecule has 3 amide bonds. The van der Waals surface area contributed by atoms with Crippen LogP contribution in [0.5, 0.6) is 5.75 Å². The molecular weight excluding hydrogens is 739 g/mol. The number of phenols is 1. The number of hydrogen-bond donors (Lipinski definition) is 4. The number of phenolic OH excluding ortho intramolecular Hbond substituents is 1. The third-order valence-electron chi connectivity index (χ3n) is 10.4. The van der Waals surface area contributed by atoms with Crippen molar-refractivity contribution in [2.75, 3.05) is 44.2 Å². The molecule has 1 fully saturated rings. The van der Waals surface area contributed by atoms with Crippen LogP contribution >= 0.6 is 0 Å². The molecule has 7 rings (SSSR count). The predicted octanol–water partition coefficient (Wildman–Crippen LogP) is 8.41. The molecule has 0 atom stereocenters. The monoisotopic (exact) mass is 787 g/mol. The summed E-state index contributed by atoms with van der Waals surface area (Å²) in [6, 6.07) is 49.8. The van der Waals surface area contributed by atoms with Crippen LogP contribution in [-0.4, -0.2) is 73.3 Å². The zero-order valence-corrected chi connectivity index (χ0v) is 32.9. The summed E-state index contributed by atoms with van der Waals surface area (Å²) in [5, 5.41) is 19.0. The molecule has 10 nitrogen and oxygen atoms in total. The SMILES string of the molecule is O=C(NCCNCc1ccccc1O)c1cccc(C(=O)NCCN2CCC(OC(=O)N(c3ccccc3-c3ccccc3)c3ccccc3-c3ccccc3)CC2)c1. The van der Waals surface area contributed by atoms with Crippen molar-refractivity contribution in [2.24, 2.45) is 0 Å². The Morgan fingerprint density at radius 2 is 1.14 bits per heavy atom. The Bertz CT molecular complexity index is 2250. The molecule has 1 saturated heterocycles. The van der Waals surface area contributed by atoms with E-state index in [0.717, 1.165) is 39.2 Å². The number of benzene rings is 6. The highest BCUT2D eigenvalue weighted by molar-refractivity contribution is 6.04. The Labute approximate surface area is 345 Å².